The topological polar surface area (TPSA) is 302 Å². The molecule has 0 radical (unpaired) electrons. The summed E-state index contributed by atoms with van der Waals surface area (Å²) < 4.78 is 5.74. The molecule has 21 heteroatoms. The number of phenols is 2. The van der Waals surface area contributed by atoms with Crippen molar-refractivity contribution >= 4 is 53.4 Å². The largest absolute Gasteiger partial charge is 0.508 e. The van der Waals surface area contributed by atoms with Gasteiger partial charge in [-0.3, -0.25) is 29.4 Å². The molecule has 2 aliphatic rings. The number of carboxylic acids is 1. The molecule has 11 N–H and O–H groups in total. The first-order valence-electron chi connectivity index (χ1n) is 18.6. The van der Waals surface area contributed by atoms with E-state index in [9.17, 15) is 54.0 Å². The summed E-state index contributed by atoms with van der Waals surface area (Å²) in [5.74, 6) is -3.87. The summed E-state index contributed by atoms with van der Waals surface area (Å²) in [6, 6.07) is 3.80. The maximum absolute atomic E-state index is 13.9. The highest BCUT2D eigenvalue weighted by Gasteiger charge is 2.41. The third-order valence-corrected chi connectivity index (χ3v) is 10.3. The van der Waals surface area contributed by atoms with Crippen LogP contribution >= 0.6 is 11.8 Å². The molecule has 2 aromatic rings. The number of thioether (sulfide) groups is 1. The van der Waals surface area contributed by atoms with Crippen LogP contribution in [0.3, 0.4) is 0 Å². The molecule has 320 valence electrons. The van der Waals surface area contributed by atoms with Gasteiger partial charge in [0.25, 0.3) is 0 Å². The average molecular weight is 843 g/mol. The Balaban J connectivity index is 1.53. The first kappa shape index (κ1) is 45.6. The van der Waals surface area contributed by atoms with Gasteiger partial charge in [0.15, 0.2) is 0 Å². The van der Waals surface area contributed by atoms with Crippen LogP contribution in [0.2, 0.25) is 0 Å². The second-order valence-corrected chi connectivity index (χ2v) is 15.1. The van der Waals surface area contributed by atoms with Crippen molar-refractivity contribution in [1.29, 1.82) is 0 Å². The number of imide groups is 1. The first-order chi connectivity index (χ1) is 28.0. The Labute approximate surface area is 343 Å². The fourth-order valence-electron chi connectivity index (χ4n) is 6.37. The lowest BCUT2D eigenvalue weighted by atomic mass is 10.0. The molecular formula is C38H50N8O12S. The van der Waals surface area contributed by atoms with Crippen LogP contribution in [-0.2, 0) is 41.6 Å². The Kier molecular flexibility index (Phi) is 16.3. The van der Waals surface area contributed by atoms with Gasteiger partial charge in [-0.2, -0.15) is 11.8 Å². The zero-order valence-corrected chi connectivity index (χ0v) is 33.4. The van der Waals surface area contributed by atoms with Crippen molar-refractivity contribution in [1.82, 2.24) is 36.4 Å². The molecule has 0 spiro atoms. The van der Waals surface area contributed by atoms with Gasteiger partial charge in [-0.25, -0.2) is 14.4 Å². The van der Waals surface area contributed by atoms with E-state index in [1.807, 2.05) is 0 Å². The molecular weight excluding hydrogens is 793 g/mol. The van der Waals surface area contributed by atoms with Crippen molar-refractivity contribution in [2.75, 3.05) is 25.6 Å². The predicted molar refractivity (Wildman–Crippen MR) is 212 cm³/mol. The van der Waals surface area contributed by atoms with Crippen LogP contribution in [0.15, 0.2) is 60.5 Å². The van der Waals surface area contributed by atoms with Gasteiger partial charge in [0.05, 0.1) is 12.1 Å². The van der Waals surface area contributed by atoms with Gasteiger partial charge in [0, 0.05) is 39.1 Å². The third kappa shape index (κ3) is 13.0. The number of hydrogen-bond acceptors (Lipinski definition) is 13. The normalized spacial score (nSPS) is 19.6. The lowest BCUT2D eigenvalue weighted by Gasteiger charge is -2.34. The molecule has 0 bridgehead atoms. The molecule has 0 saturated carbocycles. The molecule has 0 aromatic heterocycles. The third-order valence-electron chi connectivity index (χ3n) is 9.67. The van der Waals surface area contributed by atoms with Crippen LogP contribution in [0.1, 0.15) is 37.3 Å². The number of rotatable bonds is 18. The van der Waals surface area contributed by atoms with Crippen LogP contribution in [0.4, 0.5) is 9.59 Å². The minimum atomic E-state index is -1.51. The molecule has 7 unspecified atom stereocenters. The highest BCUT2D eigenvalue weighted by molar-refractivity contribution is 7.98. The number of nitrogens with zero attached hydrogens (tertiary/aromatic N) is 2. The van der Waals surface area contributed by atoms with E-state index < -0.39 is 84.2 Å². The molecule has 0 aliphatic carbocycles. The minimum absolute atomic E-state index is 0.00917. The molecule has 2 aliphatic heterocycles. The number of carbonyl (C=O) groups excluding carboxylic acids is 6. The number of aliphatic hydroxyl groups is 1. The second kappa shape index (κ2) is 21.1. The number of benzene rings is 2. The van der Waals surface area contributed by atoms with Crippen LogP contribution in [0, 0.1) is 0 Å². The molecule has 2 aromatic carbocycles. The number of likely N-dealkylation sites (N-methyl/N-ethyl adjacent to an activating group) is 1. The summed E-state index contributed by atoms with van der Waals surface area (Å²) in [5.41, 5.74) is 7.26. The second-order valence-electron chi connectivity index (χ2n) is 14.1. The fraction of sp³-hybridized carbons (Fsp3) is 0.447. The molecule has 59 heavy (non-hydrogen) atoms. The zero-order valence-electron chi connectivity index (χ0n) is 32.6. The Morgan fingerprint density at radius 1 is 1.00 bits per heavy atom. The number of aliphatic hydroxyl groups excluding tert-OH is 1. The van der Waals surface area contributed by atoms with E-state index in [-0.39, 0.29) is 55.9 Å². The van der Waals surface area contributed by atoms with Gasteiger partial charge in [0.2, 0.25) is 29.9 Å². The summed E-state index contributed by atoms with van der Waals surface area (Å²) in [6.07, 6.45) is 0.281. The van der Waals surface area contributed by atoms with E-state index in [0.29, 0.717) is 16.9 Å². The van der Waals surface area contributed by atoms with E-state index in [1.54, 1.807) is 24.5 Å². The van der Waals surface area contributed by atoms with Crippen LogP contribution in [-0.4, -0.2) is 140 Å². The van der Waals surface area contributed by atoms with E-state index in [4.69, 9.17) is 10.5 Å². The zero-order chi connectivity index (χ0) is 43.4. The van der Waals surface area contributed by atoms with Gasteiger partial charge in [-0.05, 0) is 67.2 Å². The average Bonchev–Trinajstić information content (AvgIpc) is 3.55. The predicted octanol–water partition coefficient (Wildman–Crippen LogP) is -0.577. The van der Waals surface area contributed by atoms with Crippen molar-refractivity contribution in [3.8, 4) is 11.5 Å². The standard InChI is InChI=1S/C38H50N8O12S/c1-20(45(2)34(53)26(39)16-21-6-4-8-23(47)14-21)31(33(52)40-19-25-18-29(49)35(58-25)46-12-10-30(50)43-38(46)57)44-32(51)27(11-13-59-3)41-37(56)42-28(36(54)55)17-22-7-5-9-24(48)15-22/h4-9,14-15,19-20,26-29,31,35,47-49H,10-13,16-18,39H2,1-3H3,(H,40,52)(H,44,51)(H,54,55)(H2,41,42,56)(H,43,50,57)/b25-19-. The number of hydrogen-bond donors (Lipinski definition) is 10. The fourth-order valence-corrected chi connectivity index (χ4v) is 6.84. The number of amides is 8. The summed E-state index contributed by atoms with van der Waals surface area (Å²) in [4.78, 5) is 93.0. The molecule has 7 atom stereocenters. The van der Waals surface area contributed by atoms with Crippen LogP contribution in [0.5, 0.6) is 11.5 Å². The van der Waals surface area contributed by atoms with E-state index in [1.165, 1.54) is 61.0 Å². The SMILES string of the molecule is CSCCC(NC(=O)NC(Cc1cccc(O)c1)C(=O)O)C(=O)NC(C(=O)N/C=C1/CC(O)C(N2CCC(=O)NC2=O)O1)C(C)N(C)C(=O)C(N)Cc1cccc(O)c1. The summed E-state index contributed by atoms with van der Waals surface area (Å²) in [7, 11) is 1.38. The Hall–Kier alpha value is -6.06. The van der Waals surface area contributed by atoms with Crippen molar-refractivity contribution in [3.63, 3.8) is 0 Å². The Bertz CT molecular complexity index is 1920. The highest BCUT2D eigenvalue weighted by atomic mass is 32.2. The Morgan fingerprint density at radius 3 is 2.22 bits per heavy atom. The maximum atomic E-state index is 13.9. The molecule has 2 heterocycles. The number of aromatic hydroxyl groups is 2. The summed E-state index contributed by atoms with van der Waals surface area (Å²) in [6.45, 7) is 1.47. The summed E-state index contributed by atoms with van der Waals surface area (Å²) >= 11 is 1.36. The van der Waals surface area contributed by atoms with Gasteiger partial charge in [0.1, 0.15) is 41.5 Å². The first-order valence-corrected chi connectivity index (χ1v) is 20.0. The van der Waals surface area contributed by atoms with Gasteiger partial charge in [-0.15, -0.1) is 0 Å². The van der Waals surface area contributed by atoms with Gasteiger partial charge < -0.3 is 57.1 Å². The number of carbonyl (C=O) groups is 7. The van der Waals surface area contributed by atoms with Gasteiger partial charge >= 0.3 is 18.0 Å². The van der Waals surface area contributed by atoms with Crippen molar-refractivity contribution in [2.24, 2.45) is 5.73 Å². The molecule has 2 saturated heterocycles. The lowest BCUT2D eigenvalue weighted by Crippen LogP contribution is -2.62. The number of aliphatic carboxylic acids is 1. The van der Waals surface area contributed by atoms with Crippen molar-refractivity contribution in [2.45, 2.75) is 81.6 Å². The number of urea groups is 2. The highest BCUT2D eigenvalue weighted by Crippen LogP contribution is 2.27. The smallest absolute Gasteiger partial charge is 0.327 e. The minimum Gasteiger partial charge on any atom is -0.508 e. The number of nitrogens with two attached hydrogens (primary N) is 1. The van der Waals surface area contributed by atoms with Crippen LogP contribution < -0.4 is 32.3 Å². The number of nitrogens with one attached hydrogen (secondary N) is 5. The number of carboxylic acid groups (broad SMARTS) is 1. The van der Waals surface area contributed by atoms with Crippen molar-refractivity contribution < 1.29 is 58.7 Å². The lowest BCUT2D eigenvalue weighted by molar-refractivity contribution is -0.139. The van der Waals surface area contributed by atoms with Crippen LogP contribution in [0.25, 0.3) is 0 Å². The molecule has 2 fully saturated rings. The summed E-state index contributed by atoms with van der Waals surface area (Å²) in [5, 5.41) is 52.2. The molecule has 4 rings (SSSR count). The van der Waals surface area contributed by atoms with Gasteiger partial charge in [-0.1, -0.05) is 24.3 Å². The number of ether oxygens (including phenoxy) is 1. The van der Waals surface area contributed by atoms with E-state index in [0.717, 1.165) is 11.1 Å². The molecule has 8 amide bonds. The number of phenolic OH excluding ortho intramolecular Hbond substituents is 2. The molecule has 20 nitrogen and oxygen atoms in total. The van der Waals surface area contributed by atoms with E-state index in [2.05, 4.69) is 26.6 Å². The maximum Gasteiger partial charge on any atom is 0.327 e. The monoisotopic (exact) mass is 842 g/mol. The van der Waals surface area contributed by atoms with E-state index >= 15 is 0 Å². The quantitative estimate of drug-likeness (QED) is 0.0899. The van der Waals surface area contributed by atoms with Crippen molar-refractivity contribution in [3.05, 3.63) is 71.6 Å². The Morgan fingerprint density at radius 2 is 1.63 bits per heavy atom.